The lowest BCUT2D eigenvalue weighted by Crippen LogP contribution is -2.32. The smallest absolute Gasteiger partial charge is 0.106 e. The van der Waals surface area contributed by atoms with Gasteiger partial charge in [-0.05, 0) is 22.4 Å². The summed E-state index contributed by atoms with van der Waals surface area (Å²) in [6, 6.07) is 7.53. The maximum atomic E-state index is 10.4. The molecule has 2 rings (SSSR count). The molecule has 1 heterocycles. The molecule has 2 aromatic rings. The molecule has 0 aliphatic carbocycles. The number of nitrogens with zero attached hydrogens (tertiary/aromatic N) is 1. The van der Waals surface area contributed by atoms with Crippen molar-refractivity contribution in [1.29, 1.82) is 0 Å². The molecule has 0 saturated heterocycles. The first-order valence-electron chi connectivity index (χ1n) is 6.10. The van der Waals surface area contributed by atoms with E-state index < -0.39 is 12.2 Å². The molecule has 2 N–H and O–H groups in total. The van der Waals surface area contributed by atoms with E-state index in [1.807, 2.05) is 45.0 Å². The van der Waals surface area contributed by atoms with E-state index in [2.05, 4.69) is 4.98 Å². The molecule has 0 aliphatic rings. The SMILES string of the molecule is CC(C)(C)C(O)C(O)c1cccc2cnccc12. The van der Waals surface area contributed by atoms with Crippen LogP contribution in [0.4, 0.5) is 0 Å². The van der Waals surface area contributed by atoms with Gasteiger partial charge in [0.2, 0.25) is 0 Å². The van der Waals surface area contributed by atoms with Gasteiger partial charge in [0.05, 0.1) is 6.10 Å². The maximum absolute atomic E-state index is 10.4. The zero-order chi connectivity index (χ0) is 13.3. The molecule has 2 unspecified atom stereocenters. The Bertz CT molecular complexity index is 540. The quantitative estimate of drug-likeness (QED) is 0.855. The van der Waals surface area contributed by atoms with Gasteiger partial charge in [0.1, 0.15) is 6.10 Å². The van der Waals surface area contributed by atoms with Crippen LogP contribution in [0.1, 0.15) is 32.4 Å². The fourth-order valence-electron chi connectivity index (χ4n) is 2.05. The predicted molar refractivity (Wildman–Crippen MR) is 72.2 cm³/mol. The second-order valence-electron chi connectivity index (χ2n) is 5.70. The summed E-state index contributed by atoms with van der Waals surface area (Å²) in [6.07, 6.45) is 1.75. The number of hydrogen-bond donors (Lipinski definition) is 2. The first kappa shape index (κ1) is 13.0. The van der Waals surface area contributed by atoms with Gasteiger partial charge in [-0.2, -0.15) is 0 Å². The van der Waals surface area contributed by atoms with Crippen LogP contribution >= 0.6 is 0 Å². The Labute approximate surface area is 107 Å². The minimum atomic E-state index is -0.893. The Kier molecular flexibility index (Phi) is 3.37. The van der Waals surface area contributed by atoms with E-state index in [1.165, 1.54) is 0 Å². The van der Waals surface area contributed by atoms with E-state index in [9.17, 15) is 10.2 Å². The third kappa shape index (κ3) is 2.37. The average Bonchev–Trinajstić information content (AvgIpc) is 2.35. The monoisotopic (exact) mass is 245 g/mol. The summed E-state index contributed by atoms with van der Waals surface area (Å²) in [7, 11) is 0. The molecule has 0 amide bonds. The van der Waals surface area contributed by atoms with Gasteiger partial charge in [0.25, 0.3) is 0 Å². The second-order valence-corrected chi connectivity index (χ2v) is 5.70. The standard InChI is InChI=1S/C15H19NO2/c1-15(2,3)14(18)13(17)12-6-4-5-10-9-16-8-7-11(10)12/h4-9,13-14,17-18H,1-3H3. The molecule has 0 bridgehead atoms. The number of rotatable bonds is 2. The van der Waals surface area contributed by atoms with Gasteiger partial charge in [-0.15, -0.1) is 0 Å². The number of benzene rings is 1. The summed E-state index contributed by atoms with van der Waals surface area (Å²) in [6.45, 7) is 5.73. The molecule has 0 spiro atoms. The van der Waals surface area contributed by atoms with Gasteiger partial charge < -0.3 is 10.2 Å². The third-order valence-electron chi connectivity index (χ3n) is 3.22. The second kappa shape index (κ2) is 4.67. The van der Waals surface area contributed by atoms with Crippen molar-refractivity contribution in [3.8, 4) is 0 Å². The van der Waals surface area contributed by atoms with Gasteiger partial charge in [0, 0.05) is 17.8 Å². The van der Waals surface area contributed by atoms with Crippen molar-refractivity contribution < 1.29 is 10.2 Å². The van der Waals surface area contributed by atoms with Crippen molar-refractivity contribution in [2.75, 3.05) is 0 Å². The van der Waals surface area contributed by atoms with Crippen LogP contribution < -0.4 is 0 Å². The van der Waals surface area contributed by atoms with Crippen molar-refractivity contribution in [1.82, 2.24) is 4.98 Å². The van der Waals surface area contributed by atoms with E-state index in [0.29, 0.717) is 0 Å². The van der Waals surface area contributed by atoms with Crippen molar-refractivity contribution in [2.24, 2.45) is 5.41 Å². The summed E-state index contributed by atoms with van der Waals surface area (Å²) in [5.41, 5.74) is 0.381. The molecule has 0 saturated carbocycles. The lowest BCUT2D eigenvalue weighted by atomic mass is 9.83. The fraction of sp³-hybridized carbons (Fsp3) is 0.400. The van der Waals surface area contributed by atoms with Crippen LogP contribution in [0, 0.1) is 5.41 Å². The highest BCUT2D eigenvalue weighted by Gasteiger charge is 2.30. The molecule has 1 aromatic carbocycles. The van der Waals surface area contributed by atoms with Crippen LogP contribution in [-0.4, -0.2) is 21.3 Å². The van der Waals surface area contributed by atoms with E-state index in [1.54, 1.807) is 12.4 Å². The highest BCUT2D eigenvalue weighted by molar-refractivity contribution is 5.85. The van der Waals surface area contributed by atoms with Crippen molar-refractivity contribution in [3.63, 3.8) is 0 Å². The lowest BCUT2D eigenvalue weighted by molar-refractivity contribution is -0.0451. The highest BCUT2D eigenvalue weighted by atomic mass is 16.3. The minimum absolute atomic E-state index is 0.366. The van der Waals surface area contributed by atoms with Crippen LogP contribution in [0.25, 0.3) is 10.8 Å². The molecule has 3 heteroatoms. The Hall–Kier alpha value is -1.45. The zero-order valence-corrected chi connectivity index (χ0v) is 11.0. The van der Waals surface area contributed by atoms with Crippen molar-refractivity contribution in [3.05, 3.63) is 42.2 Å². The molecular formula is C15H19NO2. The van der Waals surface area contributed by atoms with Gasteiger partial charge in [-0.1, -0.05) is 39.0 Å². The van der Waals surface area contributed by atoms with Crippen LogP contribution in [0.3, 0.4) is 0 Å². The third-order valence-corrected chi connectivity index (χ3v) is 3.22. The van der Waals surface area contributed by atoms with Crippen molar-refractivity contribution in [2.45, 2.75) is 33.0 Å². The summed E-state index contributed by atoms with van der Waals surface area (Å²) < 4.78 is 0. The molecular weight excluding hydrogens is 226 g/mol. The molecule has 0 fully saturated rings. The lowest BCUT2D eigenvalue weighted by Gasteiger charge is -2.30. The van der Waals surface area contributed by atoms with Crippen LogP contribution in [0.2, 0.25) is 0 Å². The highest BCUT2D eigenvalue weighted by Crippen LogP contribution is 2.33. The molecule has 1 aromatic heterocycles. The van der Waals surface area contributed by atoms with Crippen molar-refractivity contribution >= 4 is 10.8 Å². The largest absolute Gasteiger partial charge is 0.390 e. The summed E-state index contributed by atoms with van der Waals surface area (Å²) in [4.78, 5) is 4.06. The molecule has 0 aliphatic heterocycles. The molecule has 2 atom stereocenters. The Balaban J connectivity index is 2.48. The number of pyridine rings is 1. The minimum Gasteiger partial charge on any atom is -0.390 e. The van der Waals surface area contributed by atoms with E-state index in [4.69, 9.17) is 0 Å². The Morgan fingerprint density at radius 3 is 2.50 bits per heavy atom. The van der Waals surface area contributed by atoms with Crippen LogP contribution in [0.5, 0.6) is 0 Å². The Morgan fingerprint density at radius 1 is 1.11 bits per heavy atom. The predicted octanol–water partition coefficient (Wildman–Crippen LogP) is 2.68. The van der Waals surface area contributed by atoms with Gasteiger partial charge in [-0.3, -0.25) is 4.98 Å². The van der Waals surface area contributed by atoms with E-state index in [-0.39, 0.29) is 5.41 Å². The van der Waals surface area contributed by atoms with Crippen LogP contribution in [-0.2, 0) is 0 Å². The number of aliphatic hydroxyl groups is 2. The maximum Gasteiger partial charge on any atom is 0.106 e. The number of aliphatic hydroxyl groups excluding tert-OH is 2. The van der Waals surface area contributed by atoms with E-state index in [0.717, 1.165) is 16.3 Å². The summed E-state index contributed by atoms with van der Waals surface area (Å²) >= 11 is 0. The van der Waals surface area contributed by atoms with Crippen LogP contribution in [0.15, 0.2) is 36.7 Å². The first-order chi connectivity index (χ1) is 8.41. The molecule has 18 heavy (non-hydrogen) atoms. The molecule has 0 radical (unpaired) electrons. The molecule has 96 valence electrons. The van der Waals surface area contributed by atoms with Gasteiger partial charge >= 0.3 is 0 Å². The Morgan fingerprint density at radius 2 is 1.83 bits per heavy atom. The number of hydrogen-bond acceptors (Lipinski definition) is 3. The summed E-state index contributed by atoms with van der Waals surface area (Å²) in [5, 5.41) is 22.5. The van der Waals surface area contributed by atoms with E-state index >= 15 is 0 Å². The first-order valence-corrected chi connectivity index (χ1v) is 6.10. The normalized spacial score (nSPS) is 15.6. The zero-order valence-electron chi connectivity index (χ0n) is 11.0. The fourth-order valence-corrected chi connectivity index (χ4v) is 2.05. The van der Waals surface area contributed by atoms with Gasteiger partial charge in [-0.25, -0.2) is 0 Å². The molecule has 3 nitrogen and oxygen atoms in total. The average molecular weight is 245 g/mol. The topological polar surface area (TPSA) is 53.4 Å². The van der Waals surface area contributed by atoms with Gasteiger partial charge in [0.15, 0.2) is 0 Å². The number of aromatic nitrogens is 1. The summed E-state index contributed by atoms with van der Waals surface area (Å²) in [5.74, 6) is 0. The number of fused-ring (bicyclic) bond motifs is 1.